The number of ketones is 1. The molecule has 0 bridgehead atoms. The molecule has 0 radical (unpaired) electrons. The highest BCUT2D eigenvalue weighted by Gasteiger charge is 2.17. The molecule has 0 saturated heterocycles. The van der Waals surface area contributed by atoms with Crippen LogP contribution in [0.5, 0.6) is 11.5 Å². The van der Waals surface area contributed by atoms with E-state index < -0.39 is 0 Å². The molecule has 0 atom stereocenters. The lowest BCUT2D eigenvalue weighted by atomic mass is 10.1. The van der Waals surface area contributed by atoms with Crippen LogP contribution in [-0.4, -0.2) is 39.3 Å². The van der Waals surface area contributed by atoms with Crippen LogP contribution in [0, 0.1) is 0 Å². The van der Waals surface area contributed by atoms with Crippen molar-refractivity contribution < 1.29 is 19.1 Å². The summed E-state index contributed by atoms with van der Waals surface area (Å²) in [6.45, 7) is 1.66. The number of para-hydroxylation sites is 2. The van der Waals surface area contributed by atoms with E-state index in [9.17, 15) is 9.59 Å². The number of rotatable bonds is 10. The lowest BCUT2D eigenvalue weighted by molar-refractivity contribution is -0.113. The molecule has 35 heavy (non-hydrogen) atoms. The first-order chi connectivity index (χ1) is 17.0. The maximum atomic E-state index is 12.6. The van der Waals surface area contributed by atoms with Crippen molar-refractivity contribution in [3.63, 3.8) is 0 Å². The number of thioether (sulfide) groups is 1. The minimum Gasteiger partial charge on any atom is -0.497 e. The molecule has 0 fully saturated rings. The van der Waals surface area contributed by atoms with Gasteiger partial charge < -0.3 is 14.8 Å². The number of anilines is 1. The molecular weight excluding hydrogens is 464 g/mol. The summed E-state index contributed by atoms with van der Waals surface area (Å²) in [5.41, 5.74) is 1.82. The molecule has 178 valence electrons. The van der Waals surface area contributed by atoms with Gasteiger partial charge in [-0.3, -0.25) is 14.2 Å². The number of amides is 1. The molecule has 1 heterocycles. The van der Waals surface area contributed by atoms with E-state index in [2.05, 4.69) is 15.5 Å². The standard InChI is InChI=1S/C26H24N4O4S/c1-18(31)22-10-6-7-11-23(22)27-25(32)17-35-26-29-28-24(30(26)19-8-4-3-5-9-19)16-34-21-14-12-20(33-2)13-15-21/h3-15H,16-17H2,1-2H3,(H,27,32). The molecule has 4 rings (SSSR count). The Balaban J connectivity index is 1.49. The van der Waals surface area contributed by atoms with Gasteiger partial charge in [-0.25, -0.2) is 0 Å². The van der Waals surface area contributed by atoms with E-state index in [1.165, 1.54) is 18.7 Å². The van der Waals surface area contributed by atoms with E-state index >= 15 is 0 Å². The molecule has 0 aliphatic rings. The summed E-state index contributed by atoms with van der Waals surface area (Å²) in [4.78, 5) is 24.5. The Labute approximate surface area is 207 Å². The summed E-state index contributed by atoms with van der Waals surface area (Å²) in [6, 6.07) is 23.9. The van der Waals surface area contributed by atoms with Gasteiger partial charge in [0.25, 0.3) is 0 Å². The minimum absolute atomic E-state index is 0.0938. The number of aromatic nitrogens is 3. The first-order valence-electron chi connectivity index (χ1n) is 10.8. The summed E-state index contributed by atoms with van der Waals surface area (Å²) >= 11 is 1.25. The Kier molecular flexibility index (Phi) is 7.79. The van der Waals surface area contributed by atoms with Gasteiger partial charge in [0.15, 0.2) is 16.8 Å². The van der Waals surface area contributed by atoms with Gasteiger partial charge in [0.2, 0.25) is 5.91 Å². The number of Topliss-reactive ketones (excluding diaryl/α,β-unsaturated/α-hetero) is 1. The van der Waals surface area contributed by atoms with Gasteiger partial charge in [-0.2, -0.15) is 0 Å². The zero-order valence-electron chi connectivity index (χ0n) is 19.3. The Morgan fingerprint density at radius 2 is 1.60 bits per heavy atom. The normalized spacial score (nSPS) is 10.6. The largest absolute Gasteiger partial charge is 0.497 e. The quantitative estimate of drug-likeness (QED) is 0.253. The third-order valence-corrected chi connectivity index (χ3v) is 5.98. The third kappa shape index (κ3) is 6.07. The molecule has 0 aliphatic carbocycles. The molecule has 8 nitrogen and oxygen atoms in total. The summed E-state index contributed by atoms with van der Waals surface area (Å²) in [6.07, 6.45) is 0. The predicted molar refractivity (Wildman–Crippen MR) is 134 cm³/mol. The second kappa shape index (κ2) is 11.3. The molecule has 3 aromatic carbocycles. The van der Waals surface area contributed by atoms with Gasteiger partial charge in [0, 0.05) is 11.3 Å². The van der Waals surface area contributed by atoms with Crippen LogP contribution in [0.15, 0.2) is 84.0 Å². The monoisotopic (exact) mass is 488 g/mol. The van der Waals surface area contributed by atoms with Crippen LogP contribution in [0.25, 0.3) is 5.69 Å². The van der Waals surface area contributed by atoms with Gasteiger partial charge in [-0.1, -0.05) is 42.1 Å². The Hall–Kier alpha value is -4.11. The number of hydrogen-bond donors (Lipinski definition) is 1. The van der Waals surface area contributed by atoms with Crippen molar-refractivity contribution >= 4 is 29.1 Å². The predicted octanol–water partition coefficient (Wildman–Crippen LogP) is 4.79. The van der Waals surface area contributed by atoms with Crippen LogP contribution in [0.3, 0.4) is 0 Å². The summed E-state index contributed by atoms with van der Waals surface area (Å²) in [5, 5.41) is 12.0. The van der Waals surface area contributed by atoms with Crippen LogP contribution >= 0.6 is 11.8 Å². The summed E-state index contributed by atoms with van der Waals surface area (Å²) in [5.74, 6) is 1.74. The maximum absolute atomic E-state index is 12.6. The Morgan fingerprint density at radius 3 is 2.31 bits per heavy atom. The first kappa shape index (κ1) is 24.0. The molecule has 4 aromatic rings. The van der Waals surface area contributed by atoms with Crippen LogP contribution < -0.4 is 14.8 Å². The van der Waals surface area contributed by atoms with Gasteiger partial charge in [0.1, 0.15) is 18.1 Å². The van der Waals surface area contributed by atoms with Crippen LogP contribution in [0.1, 0.15) is 23.1 Å². The number of carbonyl (C=O) groups is 2. The van der Waals surface area contributed by atoms with Gasteiger partial charge >= 0.3 is 0 Å². The van der Waals surface area contributed by atoms with Crippen molar-refractivity contribution in [3.05, 3.63) is 90.3 Å². The molecule has 1 amide bonds. The molecule has 1 aromatic heterocycles. The van der Waals surface area contributed by atoms with Crippen LogP contribution in [0.4, 0.5) is 5.69 Å². The van der Waals surface area contributed by atoms with Crippen molar-refractivity contribution in [1.29, 1.82) is 0 Å². The Morgan fingerprint density at radius 1 is 0.914 bits per heavy atom. The smallest absolute Gasteiger partial charge is 0.234 e. The lowest BCUT2D eigenvalue weighted by Gasteiger charge is -2.12. The number of nitrogens with one attached hydrogen (secondary N) is 1. The van der Waals surface area contributed by atoms with Crippen molar-refractivity contribution in [2.75, 3.05) is 18.2 Å². The summed E-state index contributed by atoms with van der Waals surface area (Å²) in [7, 11) is 1.61. The minimum atomic E-state index is -0.248. The second-order valence-corrected chi connectivity index (χ2v) is 8.42. The first-order valence-corrected chi connectivity index (χ1v) is 11.8. The molecule has 0 saturated carbocycles. The average Bonchev–Trinajstić information content (AvgIpc) is 3.30. The van der Waals surface area contributed by atoms with E-state index in [4.69, 9.17) is 9.47 Å². The number of hydrogen-bond acceptors (Lipinski definition) is 7. The molecular formula is C26H24N4O4S. The molecule has 0 spiro atoms. The second-order valence-electron chi connectivity index (χ2n) is 7.47. The highest BCUT2D eigenvalue weighted by atomic mass is 32.2. The highest BCUT2D eigenvalue weighted by molar-refractivity contribution is 7.99. The zero-order chi connectivity index (χ0) is 24.6. The SMILES string of the molecule is COc1ccc(OCc2nnc(SCC(=O)Nc3ccccc3C(C)=O)n2-c2ccccc2)cc1. The fraction of sp³-hybridized carbons (Fsp3) is 0.154. The molecule has 1 N–H and O–H groups in total. The van der Waals surface area contributed by atoms with Crippen molar-refractivity contribution in [2.24, 2.45) is 0 Å². The zero-order valence-corrected chi connectivity index (χ0v) is 20.1. The van der Waals surface area contributed by atoms with E-state index in [0.29, 0.717) is 28.0 Å². The number of methoxy groups -OCH3 is 1. The highest BCUT2D eigenvalue weighted by Crippen LogP contribution is 2.24. The molecule has 0 unspecified atom stereocenters. The number of benzene rings is 3. The summed E-state index contributed by atoms with van der Waals surface area (Å²) < 4.78 is 13.0. The van der Waals surface area contributed by atoms with Gasteiger partial charge in [0.05, 0.1) is 18.6 Å². The average molecular weight is 489 g/mol. The van der Waals surface area contributed by atoms with E-state index in [0.717, 1.165) is 11.4 Å². The third-order valence-electron chi connectivity index (χ3n) is 5.05. The van der Waals surface area contributed by atoms with Crippen molar-refractivity contribution in [2.45, 2.75) is 18.7 Å². The lowest BCUT2D eigenvalue weighted by Crippen LogP contribution is -2.16. The number of ether oxygens (including phenoxy) is 2. The van der Waals surface area contributed by atoms with Crippen molar-refractivity contribution in [1.82, 2.24) is 14.8 Å². The van der Waals surface area contributed by atoms with Gasteiger partial charge in [-0.05, 0) is 55.5 Å². The number of nitrogens with zero attached hydrogens (tertiary/aromatic N) is 3. The van der Waals surface area contributed by atoms with Crippen LogP contribution in [0.2, 0.25) is 0 Å². The fourth-order valence-corrected chi connectivity index (χ4v) is 4.13. The molecule has 0 aliphatic heterocycles. The van der Waals surface area contributed by atoms with Gasteiger partial charge in [-0.15, -0.1) is 10.2 Å². The molecule has 9 heteroatoms. The number of carbonyl (C=O) groups excluding carboxylic acids is 2. The topological polar surface area (TPSA) is 95.3 Å². The van der Waals surface area contributed by atoms with E-state index in [1.807, 2.05) is 59.2 Å². The maximum Gasteiger partial charge on any atom is 0.234 e. The Bertz CT molecular complexity index is 1310. The van der Waals surface area contributed by atoms with E-state index in [1.54, 1.807) is 31.4 Å². The van der Waals surface area contributed by atoms with Crippen molar-refractivity contribution in [3.8, 4) is 17.2 Å². The fourth-order valence-electron chi connectivity index (χ4n) is 3.36. The van der Waals surface area contributed by atoms with Crippen LogP contribution in [-0.2, 0) is 11.4 Å². The van der Waals surface area contributed by atoms with E-state index in [-0.39, 0.29) is 24.1 Å².